The average molecular weight is 481 g/mol. The molecule has 3 rings (SSSR count). The molecule has 0 aromatic heterocycles. The first-order chi connectivity index (χ1) is 16.3. The maximum absolute atomic E-state index is 13.3. The molecule has 176 valence electrons. The van der Waals surface area contributed by atoms with Crippen LogP contribution >= 0.6 is 0 Å². The number of nitrogens with one attached hydrogen (secondary N) is 1. The van der Waals surface area contributed by atoms with Gasteiger partial charge in [0.25, 0.3) is 21.8 Å². The summed E-state index contributed by atoms with van der Waals surface area (Å²) in [6.45, 7) is 1.09. The van der Waals surface area contributed by atoms with E-state index in [9.17, 15) is 18.0 Å². The number of aryl methyl sites for hydroxylation is 1. The lowest BCUT2D eigenvalue weighted by atomic mass is 10.2. The number of ether oxygens (including phenoxy) is 1. The van der Waals surface area contributed by atoms with Crippen molar-refractivity contribution >= 4 is 33.7 Å². The van der Waals surface area contributed by atoms with Crippen molar-refractivity contribution in [3.8, 4) is 5.75 Å². The van der Waals surface area contributed by atoms with Crippen LogP contribution in [0.5, 0.6) is 5.75 Å². The van der Waals surface area contributed by atoms with Crippen LogP contribution in [0.4, 0.5) is 5.69 Å². The molecular weight excluding hydrogens is 456 g/mol. The molecule has 9 nitrogen and oxygen atoms in total. The Kier molecular flexibility index (Phi) is 7.99. The van der Waals surface area contributed by atoms with Crippen molar-refractivity contribution in [1.82, 2.24) is 5.43 Å². The SMILES string of the molecule is Cc1ccccc1N(CC(=O)NN=Cc1ccc(OCC(N)=O)cc1)S(=O)(=O)c1ccccc1. The Balaban J connectivity index is 1.72. The number of carbonyl (C=O) groups excluding carboxylic acids is 2. The van der Waals surface area contributed by atoms with E-state index >= 15 is 0 Å². The molecule has 3 N–H and O–H groups in total. The Hall–Kier alpha value is -4.18. The van der Waals surface area contributed by atoms with Gasteiger partial charge in [-0.1, -0.05) is 36.4 Å². The number of hydrazone groups is 1. The van der Waals surface area contributed by atoms with Gasteiger partial charge in [0, 0.05) is 0 Å². The van der Waals surface area contributed by atoms with E-state index in [0.717, 1.165) is 4.31 Å². The average Bonchev–Trinajstić information content (AvgIpc) is 2.83. The Morgan fingerprint density at radius 2 is 1.65 bits per heavy atom. The fraction of sp³-hybridized carbons (Fsp3) is 0.125. The Labute approximate surface area is 197 Å². The highest BCUT2D eigenvalue weighted by atomic mass is 32.2. The summed E-state index contributed by atoms with van der Waals surface area (Å²) >= 11 is 0. The molecule has 0 saturated carbocycles. The summed E-state index contributed by atoms with van der Waals surface area (Å²) in [4.78, 5) is 23.5. The minimum absolute atomic E-state index is 0.0770. The lowest BCUT2D eigenvalue weighted by Crippen LogP contribution is -2.40. The lowest BCUT2D eigenvalue weighted by Gasteiger charge is -2.25. The molecule has 0 radical (unpaired) electrons. The minimum Gasteiger partial charge on any atom is -0.484 e. The first-order valence-electron chi connectivity index (χ1n) is 10.2. The zero-order valence-electron chi connectivity index (χ0n) is 18.4. The predicted octanol–water partition coefficient (Wildman–Crippen LogP) is 2.20. The number of primary amides is 1. The summed E-state index contributed by atoms with van der Waals surface area (Å²) in [5.74, 6) is -0.734. The first kappa shape index (κ1) is 24.5. The number of nitrogens with zero attached hydrogens (tertiary/aromatic N) is 2. The zero-order valence-corrected chi connectivity index (χ0v) is 19.2. The van der Waals surface area contributed by atoms with Crippen molar-refractivity contribution in [2.45, 2.75) is 11.8 Å². The zero-order chi connectivity index (χ0) is 24.6. The van der Waals surface area contributed by atoms with Gasteiger partial charge in [-0.3, -0.25) is 13.9 Å². The van der Waals surface area contributed by atoms with E-state index in [4.69, 9.17) is 10.5 Å². The molecule has 0 aliphatic rings. The van der Waals surface area contributed by atoms with Crippen molar-refractivity contribution in [2.75, 3.05) is 17.5 Å². The molecule has 3 aromatic carbocycles. The minimum atomic E-state index is -3.99. The molecule has 0 fully saturated rings. The van der Waals surface area contributed by atoms with Crippen LogP contribution in [0.15, 0.2) is 88.9 Å². The number of carbonyl (C=O) groups is 2. The lowest BCUT2D eigenvalue weighted by molar-refractivity contribution is -0.120. The number of anilines is 1. The molecule has 0 spiro atoms. The quantitative estimate of drug-likeness (QED) is 0.339. The second-order valence-electron chi connectivity index (χ2n) is 7.23. The highest BCUT2D eigenvalue weighted by Gasteiger charge is 2.27. The molecular formula is C24H24N4O5S. The van der Waals surface area contributed by atoms with E-state index in [-0.39, 0.29) is 11.5 Å². The van der Waals surface area contributed by atoms with E-state index in [0.29, 0.717) is 22.6 Å². The Bertz CT molecular complexity index is 1280. The van der Waals surface area contributed by atoms with Gasteiger partial charge in [0.2, 0.25) is 0 Å². The summed E-state index contributed by atoms with van der Waals surface area (Å²) in [6.07, 6.45) is 1.40. The first-order valence-corrected chi connectivity index (χ1v) is 11.7. The normalized spacial score (nSPS) is 11.2. The van der Waals surface area contributed by atoms with E-state index in [1.807, 2.05) is 0 Å². The predicted molar refractivity (Wildman–Crippen MR) is 129 cm³/mol. The van der Waals surface area contributed by atoms with Gasteiger partial charge in [-0.15, -0.1) is 0 Å². The summed E-state index contributed by atoms with van der Waals surface area (Å²) in [5, 5.41) is 3.91. The van der Waals surface area contributed by atoms with Crippen molar-refractivity contribution in [3.05, 3.63) is 90.0 Å². The van der Waals surface area contributed by atoms with Crippen LogP contribution in [0.2, 0.25) is 0 Å². The second-order valence-corrected chi connectivity index (χ2v) is 9.09. The maximum atomic E-state index is 13.3. The fourth-order valence-corrected chi connectivity index (χ4v) is 4.52. The molecule has 10 heteroatoms. The smallest absolute Gasteiger partial charge is 0.264 e. The fourth-order valence-electron chi connectivity index (χ4n) is 3.01. The Morgan fingerprint density at radius 3 is 2.29 bits per heavy atom. The third-order valence-corrected chi connectivity index (χ3v) is 6.44. The van der Waals surface area contributed by atoms with Crippen LogP contribution < -0.4 is 20.2 Å². The molecule has 0 aliphatic carbocycles. The van der Waals surface area contributed by atoms with Gasteiger partial charge >= 0.3 is 0 Å². The number of hydrogen-bond donors (Lipinski definition) is 2. The molecule has 0 aliphatic heterocycles. The Morgan fingerprint density at radius 1 is 1.00 bits per heavy atom. The number of sulfonamides is 1. The van der Waals surface area contributed by atoms with Gasteiger partial charge in [-0.2, -0.15) is 5.10 Å². The molecule has 0 saturated heterocycles. The van der Waals surface area contributed by atoms with E-state index in [1.165, 1.54) is 18.3 Å². The molecule has 3 aromatic rings. The molecule has 2 amide bonds. The number of rotatable bonds is 10. The van der Waals surface area contributed by atoms with Gasteiger partial charge in [0.1, 0.15) is 12.3 Å². The van der Waals surface area contributed by atoms with Crippen LogP contribution in [0, 0.1) is 6.92 Å². The van der Waals surface area contributed by atoms with Crippen molar-refractivity contribution in [3.63, 3.8) is 0 Å². The maximum Gasteiger partial charge on any atom is 0.264 e. The van der Waals surface area contributed by atoms with E-state index in [1.54, 1.807) is 73.7 Å². The standard InChI is InChI=1S/C24H24N4O5S/c1-18-7-5-6-10-22(18)28(34(31,32)21-8-3-2-4-9-21)16-24(30)27-26-15-19-11-13-20(14-12-19)33-17-23(25)29/h2-15H,16-17H2,1H3,(H2,25,29)(H,27,30). The summed E-state index contributed by atoms with van der Waals surface area (Å²) in [7, 11) is -3.99. The highest BCUT2D eigenvalue weighted by Crippen LogP contribution is 2.26. The van der Waals surface area contributed by atoms with Crippen LogP contribution in [-0.4, -0.2) is 39.6 Å². The van der Waals surface area contributed by atoms with E-state index < -0.39 is 28.4 Å². The summed E-state index contributed by atoms with van der Waals surface area (Å²) in [6, 6.07) is 21.4. The number of amides is 2. The molecule has 34 heavy (non-hydrogen) atoms. The monoisotopic (exact) mass is 480 g/mol. The molecule has 0 heterocycles. The van der Waals surface area contributed by atoms with Crippen molar-refractivity contribution < 1.29 is 22.7 Å². The molecule has 0 bridgehead atoms. The number of hydrogen-bond acceptors (Lipinski definition) is 6. The van der Waals surface area contributed by atoms with Crippen LogP contribution in [0.25, 0.3) is 0 Å². The number of para-hydroxylation sites is 1. The van der Waals surface area contributed by atoms with Gasteiger partial charge in [0.15, 0.2) is 6.61 Å². The molecule has 0 atom stereocenters. The van der Waals surface area contributed by atoms with Gasteiger partial charge in [-0.25, -0.2) is 13.8 Å². The highest BCUT2D eigenvalue weighted by molar-refractivity contribution is 7.92. The second kappa shape index (κ2) is 11.1. The third-order valence-electron chi connectivity index (χ3n) is 4.67. The van der Waals surface area contributed by atoms with Crippen molar-refractivity contribution in [2.24, 2.45) is 10.8 Å². The third kappa shape index (κ3) is 6.42. The van der Waals surface area contributed by atoms with Gasteiger partial charge in [-0.05, 0) is 60.5 Å². The van der Waals surface area contributed by atoms with Gasteiger partial charge < -0.3 is 10.5 Å². The van der Waals surface area contributed by atoms with Crippen molar-refractivity contribution in [1.29, 1.82) is 0 Å². The number of nitrogens with two attached hydrogens (primary N) is 1. The summed E-state index contributed by atoms with van der Waals surface area (Å²) < 4.78 is 32.9. The topological polar surface area (TPSA) is 131 Å². The van der Waals surface area contributed by atoms with Crippen LogP contribution in [-0.2, 0) is 19.6 Å². The van der Waals surface area contributed by atoms with Gasteiger partial charge in [0.05, 0.1) is 16.8 Å². The van der Waals surface area contributed by atoms with Crippen LogP contribution in [0.1, 0.15) is 11.1 Å². The van der Waals surface area contributed by atoms with Crippen LogP contribution in [0.3, 0.4) is 0 Å². The number of benzene rings is 3. The molecule has 0 unspecified atom stereocenters. The summed E-state index contributed by atoms with van der Waals surface area (Å²) in [5.41, 5.74) is 9.16. The van der Waals surface area contributed by atoms with E-state index in [2.05, 4.69) is 10.5 Å². The largest absolute Gasteiger partial charge is 0.484 e.